The number of carbonyl (C=O) groups is 3. The molecule has 10 heteroatoms. The largest absolute Gasteiger partial charge is 0.507 e. The van der Waals surface area contributed by atoms with Gasteiger partial charge in [0, 0.05) is 10.4 Å². The van der Waals surface area contributed by atoms with Crippen molar-refractivity contribution < 1.29 is 29.0 Å². The number of nitrogens with zero attached hydrogens (tertiary/aromatic N) is 2. The van der Waals surface area contributed by atoms with Crippen molar-refractivity contribution in [3.63, 3.8) is 0 Å². The zero-order chi connectivity index (χ0) is 29.1. The van der Waals surface area contributed by atoms with Crippen molar-refractivity contribution in [1.29, 1.82) is 0 Å². The van der Waals surface area contributed by atoms with Crippen molar-refractivity contribution in [3.05, 3.63) is 116 Å². The highest BCUT2D eigenvalue weighted by Crippen LogP contribution is 2.45. The summed E-state index contributed by atoms with van der Waals surface area (Å²) in [6.07, 6.45) is 1.45. The van der Waals surface area contributed by atoms with Crippen LogP contribution in [0.3, 0.4) is 0 Å². The number of anilines is 1. The van der Waals surface area contributed by atoms with E-state index in [1.165, 1.54) is 22.3 Å². The minimum atomic E-state index is -0.921. The summed E-state index contributed by atoms with van der Waals surface area (Å²) in [6.45, 7) is 7.59. The number of aliphatic hydroxyl groups is 1. The summed E-state index contributed by atoms with van der Waals surface area (Å²) >= 11 is 2.29. The molecule has 1 saturated heterocycles. The minimum absolute atomic E-state index is 0.0287. The van der Waals surface area contributed by atoms with E-state index < -0.39 is 23.7 Å². The number of rotatable bonds is 9. The van der Waals surface area contributed by atoms with Gasteiger partial charge in [0.15, 0.2) is 5.13 Å². The van der Waals surface area contributed by atoms with Crippen molar-refractivity contribution in [3.8, 4) is 5.75 Å². The second-order valence-electron chi connectivity index (χ2n) is 9.28. The van der Waals surface area contributed by atoms with E-state index >= 15 is 0 Å². The number of carbonyl (C=O) groups excluding carboxylic acids is 3. The number of aromatic nitrogens is 1. The number of thiophene rings is 1. The Kier molecular flexibility index (Phi) is 8.14. The second-order valence-corrected chi connectivity index (χ2v) is 11.2. The molecule has 0 saturated carbocycles. The lowest BCUT2D eigenvalue weighted by atomic mass is 10.00. The topological polar surface area (TPSA) is 106 Å². The number of amides is 1. The van der Waals surface area contributed by atoms with E-state index in [-0.39, 0.29) is 27.9 Å². The molecule has 0 aliphatic carbocycles. The van der Waals surface area contributed by atoms with Gasteiger partial charge in [-0.05, 0) is 55.1 Å². The molecule has 1 unspecified atom stereocenters. The van der Waals surface area contributed by atoms with Crippen LogP contribution in [0.25, 0.3) is 5.76 Å². The maximum absolute atomic E-state index is 13.4. The lowest BCUT2D eigenvalue weighted by Gasteiger charge is -2.21. The number of hydrogen-bond donors (Lipinski definition) is 1. The first-order valence-corrected chi connectivity index (χ1v) is 14.4. The van der Waals surface area contributed by atoms with Gasteiger partial charge in [-0.2, -0.15) is 0 Å². The van der Waals surface area contributed by atoms with Gasteiger partial charge in [-0.1, -0.05) is 59.9 Å². The summed E-state index contributed by atoms with van der Waals surface area (Å²) in [5.41, 5.74) is 2.83. The average Bonchev–Trinajstić information content (AvgIpc) is 3.69. The molecular formula is C31H26N2O6S2. The molecule has 2 aromatic heterocycles. The summed E-state index contributed by atoms with van der Waals surface area (Å²) in [5.74, 6) is -2.01. The molecule has 41 heavy (non-hydrogen) atoms. The molecule has 5 rings (SSSR count). The fourth-order valence-corrected chi connectivity index (χ4v) is 6.26. The Balaban J connectivity index is 1.47. The van der Waals surface area contributed by atoms with Crippen molar-refractivity contribution >= 4 is 51.2 Å². The number of thiazole rings is 1. The van der Waals surface area contributed by atoms with Crippen LogP contribution in [0.4, 0.5) is 5.13 Å². The van der Waals surface area contributed by atoms with Crippen LogP contribution < -0.4 is 9.64 Å². The average molecular weight is 587 g/mol. The molecule has 1 aliphatic heterocycles. The highest BCUT2D eigenvalue weighted by molar-refractivity contribution is 7.18. The van der Waals surface area contributed by atoms with Crippen molar-refractivity contribution in [2.45, 2.75) is 26.5 Å². The van der Waals surface area contributed by atoms with E-state index in [2.05, 4.69) is 11.6 Å². The Morgan fingerprint density at radius 1 is 1.12 bits per heavy atom. The number of Topliss-reactive ketones (excluding diaryl/α,β-unsaturated/α-hetero) is 1. The van der Waals surface area contributed by atoms with Gasteiger partial charge < -0.3 is 14.6 Å². The lowest BCUT2D eigenvalue weighted by molar-refractivity contribution is -0.132. The highest BCUT2D eigenvalue weighted by Gasteiger charge is 2.49. The van der Waals surface area contributed by atoms with Crippen molar-refractivity contribution in [2.75, 3.05) is 11.5 Å². The normalized spacial score (nSPS) is 16.1. The van der Waals surface area contributed by atoms with Crippen molar-refractivity contribution in [2.24, 2.45) is 0 Å². The third-order valence-electron chi connectivity index (χ3n) is 6.38. The van der Waals surface area contributed by atoms with Gasteiger partial charge in [-0.3, -0.25) is 14.5 Å². The predicted octanol–water partition coefficient (Wildman–Crippen LogP) is 6.37. The number of aryl methyl sites for hydroxylation is 2. The third-order valence-corrected chi connectivity index (χ3v) is 8.44. The van der Waals surface area contributed by atoms with E-state index in [9.17, 15) is 19.5 Å². The molecule has 4 aromatic rings. The predicted molar refractivity (Wildman–Crippen MR) is 158 cm³/mol. The summed E-state index contributed by atoms with van der Waals surface area (Å²) in [6, 6.07) is 17.3. The number of esters is 1. The Bertz CT molecular complexity index is 1650. The number of hydrogen-bond acceptors (Lipinski definition) is 9. The van der Waals surface area contributed by atoms with E-state index in [0.29, 0.717) is 28.5 Å². The Morgan fingerprint density at radius 3 is 2.59 bits per heavy atom. The molecule has 2 aromatic carbocycles. The summed E-state index contributed by atoms with van der Waals surface area (Å²) in [5, 5.41) is 13.3. The maximum Gasteiger partial charge on any atom is 0.350 e. The first-order valence-electron chi connectivity index (χ1n) is 12.7. The van der Waals surface area contributed by atoms with Crippen LogP contribution in [-0.2, 0) is 20.9 Å². The molecular weight excluding hydrogens is 560 g/mol. The third kappa shape index (κ3) is 5.70. The molecule has 208 valence electrons. The van der Waals surface area contributed by atoms with Gasteiger partial charge >= 0.3 is 11.9 Å². The van der Waals surface area contributed by atoms with Crippen LogP contribution in [0, 0.1) is 13.8 Å². The van der Waals surface area contributed by atoms with Gasteiger partial charge in [-0.25, -0.2) is 9.78 Å². The fourth-order valence-electron chi connectivity index (χ4n) is 4.45. The Hall–Kier alpha value is -4.54. The second kappa shape index (κ2) is 11.9. The lowest BCUT2D eigenvalue weighted by Crippen LogP contribution is -2.29. The monoisotopic (exact) mass is 586 g/mol. The number of ketones is 1. The molecule has 0 radical (unpaired) electrons. The fraction of sp³-hybridized carbons (Fsp3) is 0.161. The van der Waals surface area contributed by atoms with Gasteiger partial charge in [0.25, 0.3) is 5.78 Å². The molecule has 0 spiro atoms. The first-order chi connectivity index (χ1) is 19.8. The van der Waals surface area contributed by atoms with Gasteiger partial charge in [0.2, 0.25) is 0 Å². The zero-order valence-electron chi connectivity index (χ0n) is 22.3. The van der Waals surface area contributed by atoms with E-state index in [0.717, 1.165) is 22.5 Å². The van der Waals surface area contributed by atoms with E-state index in [4.69, 9.17) is 9.47 Å². The summed E-state index contributed by atoms with van der Waals surface area (Å²) in [7, 11) is 0. The maximum atomic E-state index is 13.4. The Labute approximate surface area is 244 Å². The van der Waals surface area contributed by atoms with Crippen LogP contribution in [0.5, 0.6) is 5.75 Å². The zero-order valence-corrected chi connectivity index (χ0v) is 24.0. The van der Waals surface area contributed by atoms with Crippen LogP contribution in [-0.4, -0.2) is 34.4 Å². The van der Waals surface area contributed by atoms with Gasteiger partial charge in [-0.15, -0.1) is 11.3 Å². The number of ether oxygens (including phenoxy) is 2. The molecule has 1 atom stereocenters. The quantitative estimate of drug-likeness (QED) is 0.0799. The standard InChI is InChI=1S/C31H26N2O6S2/c1-4-14-38-30(37)28-19(3)32-31(41-28)33-25(23-9-6-15-40-23)24(27(35)29(33)36)26(34)21-10-12-22(13-11-21)39-17-20-8-5-7-18(2)16-20/h4-13,15-16,25,34H,1,14,17H2,2-3H3. The van der Waals surface area contributed by atoms with Crippen LogP contribution >= 0.6 is 22.7 Å². The first kappa shape index (κ1) is 28.0. The van der Waals surface area contributed by atoms with Crippen LogP contribution in [0.1, 0.15) is 43.0 Å². The SMILES string of the molecule is C=CCOC(=O)c1sc(N2C(=O)C(=O)C(=C(O)c3ccc(OCc4cccc(C)c4)cc3)C2c2cccs2)nc1C. The van der Waals surface area contributed by atoms with Crippen LogP contribution in [0.15, 0.2) is 84.3 Å². The van der Waals surface area contributed by atoms with Gasteiger partial charge in [0.05, 0.1) is 11.3 Å². The van der Waals surface area contributed by atoms with E-state index in [1.54, 1.807) is 43.3 Å². The molecule has 1 fully saturated rings. The van der Waals surface area contributed by atoms with Gasteiger partial charge in [0.1, 0.15) is 35.6 Å². The Morgan fingerprint density at radius 2 is 1.90 bits per heavy atom. The smallest absolute Gasteiger partial charge is 0.350 e. The number of aliphatic hydroxyl groups excluding tert-OH is 1. The number of benzene rings is 2. The molecule has 0 bridgehead atoms. The molecule has 1 N–H and O–H groups in total. The van der Waals surface area contributed by atoms with E-state index in [1.807, 2.05) is 36.6 Å². The molecule has 1 aliphatic rings. The molecule has 8 nitrogen and oxygen atoms in total. The molecule has 1 amide bonds. The van der Waals surface area contributed by atoms with Crippen LogP contribution in [0.2, 0.25) is 0 Å². The minimum Gasteiger partial charge on any atom is -0.507 e. The summed E-state index contributed by atoms with van der Waals surface area (Å²) < 4.78 is 11.0. The summed E-state index contributed by atoms with van der Waals surface area (Å²) in [4.78, 5) is 45.8. The highest BCUT2D eigenvalue weighted by atomic mass is 32.1. The molecule has 3 heterocycles. The van der Waals surface area contributed by atoms with Crippen molar-refractivity contribution in [1.82, 2.24) is 4.98 Å².